The first-order valence-electron chi connectivity index (χ1n) is 11.8. The number of phenolic OH excluding ortho intramolecular Hbond substituents is 1. The molecular weight excluding hydrogens is 404 g/mol. The second-order valence-electron chi connectivity index (χ2n) is 9.32. The Kier molecular flexibility index (Phi) is 5.89. The molecule has 3 aromatic rings. The minimum atomic E-state index is 0.0102. The predicted molar refractivity (Wildman–Crippen MR) is 132 cm³/mol. The summed E-state index contributed by atoms with van der Waals surface area (Å²) in [6.07, 6.45) is 9.26. The average Bonchev–Trinajstić information content (AvgIpc) is 2.79. The summed E-state index contributed by atoms with van der Waals surface area (Å²) in [6.45, 7) is 5.55. The lowest BCUT2D eigenvalue weighted by atomic mass is 9.81. The molecule has 31 heavy (non-hydrogen) atoms. The van der Waals surface area contributed by atoms with E-state index < -0.39 is 0 Å². The van der Waals surface area contributed by atoms with Crippen LogP contribution in [0.3, 0.4) is 0 Å². The zero-order valence-electron chi connectivity index (χ0n) is 18.3. The summed E-state index contributed by atoms with van der Waals surface area (Å²) in [7, 11) is 0. The average molecular weight is 437 g/mol. The number of hydrogen-bond acceptors (Lipinski definition) is 5. The molecule has 3 heterocycles. The predicted octanol–water partition coefficient (Wildman–Crippen LogP) is 5.89. The number of aromatic hydroxyl groups is 1. The second-order valence-corrected chi connectivity index (χ2v) is 10.4. The minimum Gasteiger partial charge on any atom is -0.508 e. The molecule has 5 rings (SSSR count). The standard InChI is InChI=1S/C26H32N2O2S/c1-17-9-11-21(24-25(30)20-16-19(29)10-12-23(20)31-26(17)24)27-13-4-6-18-7-5-15-28-14-3-2-8-22(18)28/h9-12,16,18,22,27,29H,2-8,13-15H2,1H3/t18-,22-/m1/s1. The third-order valence-corrected chi connectivity index (χ3v) is 8.60. The maximum Gasteiger partial charge on any atom is 0.198 e. The van der Waals surface area contributed by atoms with E-state index in [4.69, 9.17) is 0 Å². The molecule has 164 valence electrons. The Balaban J connectivity index is 1.33. The monoisotopic (exact) mass is 436 g/mol. The van der Waals surface area contributed by atoms with Gasteiger partial charge < -0.3 is 15.3 Å². The van der Waals surface area contributed by atoms with Crippen LogP contribution in [-0.4, -0.2) is 35.7 Å². The summed E-state index contributed by atoms with van der Waals surface area (Å²) in [5.74, 6) is 0.970. The van der Waals surface area contributed by atoms with Crippen LogP contribution < -0.4 is 10.7 Å². The first-order valence-corrected chi connectivity index (χ1v) is 12.6. The van der Waals surface area contributed by atoms with Gasteiger partial charge in [0.05, 0.1) is 5.39 Å². The molecule has 0 bridgehead atoms. The molecule has 2 aliphatic heterocycles. The van der Waals surface area contributed by atoms with Gasteiger partial charge in [0, 0.05) is 33.1 Å². The van der Waals surface area contributed by atoms with E-state index in [0.717, 1.165) is 51.0 Å². The number of benzene rings is 2. The van der Waals surface area contributed by atoms with Crippen LogP contribution in [0.1, 0.15) is 50.5 Å². The smallest absolute Gasteiger partial charge is 0.198 e. The highest BCUT2D eigenvalue weighted by atomic mass is 32.1. The van der Waals surface area contributed by atoms with Crippen LogP contribution in [0.5, 0.6) is 5.75 Å². The van der Waals surface area contributed by atoms with Gasteiger partial charge in [-0.15, -0.1) is 11.3 Å². The van der Waals surface area contributed by atoms with Gasteiger partial charge in [-0.2, -0.15) is 0 Å². The second kappa shape index (κ2) is 8.79. The Bertz CT molecular complexity index is 1150. The molecule has 0 radical (unpaired) electrons. The zero-order valence-corrected chi connectivity index (χ0v) is 19.1. The SMILES string of the molecule is Cc1ccc(NCCC[C@@H]2CCCN3CCCC[C@H]23)c2c(=O)c3cc(O)ccc3sc12. The molecule has 2 aliphatic rings. The molecule has 1 aromatic heterocycles. The van der Waals surface area contributed by atoms with E-state index >= 15 is 0 Å². The highest BCUT2D eigenvalue weighted by Crippen LogP contribution is 2.35. The number of fused-ring (bicyclic) bond motifs is 3. The molecule has 0 spiro atoms. The van der Waals surface area contributed by atoms with Gasteiger partial charge >= 0.3 is 0 Å². The number of nitrogens with one attached hydrogen (secondary N) is 1. The Morgan fingerprint density at radius 2 is 2.00 bits per heavy atom. The molecule has 2 fully saturated rings. The summed E-state index contributed by atoms with van der Waals surface area (Å²) < 4.78 is 1.96. The van der Waals surface area contributed by atoms with Crippen molar-refractivity contribution >= 4 is 37.2 Å². The summed E-state index contributed by atoms with van der Waals surface area (Å²) in [6, 6.07) is 10.0. The number of aryl methyl sites for hydroxylation is 1. The van der Waals surface area contributed by atoms with Crippen molar-refractivity contribution in [3.8, 4) is 5.75 Å². The van der Waals surface area contributed by atoms with Crippen LogP contribution in [0, 0.1) is 12.8 Å². The third-order valence-electron chi connectivity index (χ3n) is 7.30. The van der Waals surface area contributed by atoms with Gasteiger partial charge in [-0.05, 0) is 94.3 Å². The Morgan fingerprint density at radius 3 is 2.90 bits per heavy atom. The molecule has 0 aliphatic carbocycles. The number of rotatable bonds is 5. The van der Waals surface area contributed by atoms with Gasteiger partial charge in [-0.1, -0.05) is 12.5 Å². The van der Waals surface area contributed by atoms with Crippen molar-refractivity contribution in [1.82, 2.24) is 4.90 Å². The van der Waals surface area contributed by atoms with Crippen LogP contribution >= 0.6 is 11.3 Å². The highest BCUT2D eigenvalue weighted by Gasteiger charge is 2.32. The summed E-state index contributed by atoms with van der Waals surface area (Å²) >= 11 is 1.63. The van der Waals surface area contributed by atoms with Crippen molar-refractivity contribution in [2.45, 2.75) is 57.9 Å². The van der Waals surface area contributed by atoms with Crippen LogP contribution in [0.2, 0.25) is 0 Å². The molecular formula is C26H32N2O2S. The maximum absolute atomic E-state index is 13.3. The molecule has 2 saturated heterocycles. The Labute approximate surface area is 187 Å². The minimum absolute atomic E-state index is 0.0102. The zero-order chi connectivity index (χ0) is 21.4. The van der Waals surface area contributed by atoms with E-state index in [1.165, 1.54) is 51.6 Å². The fourth-order valence-electron chi connectivity index (χ4n) is 5.72. The van der Waals surface area contributed by atoms with E-state index in [1.807, 2.05) is 12.1 Å². The molecule has 0 amide bonds. The lowest BCUT2D eigenvalue weighted by molar-refractivity contribution is 0.0553. The van der Waals surface area contributed by atoms with E-state index in [0.29, 0.717) is 5.39 Å². The number of phenols is 1. The van der Waals surface area contributed by atoms with Crippen molar-refractivity contribution in [3.05, 3.63) is 46.1 Å². The van der Waals surface area contributed by atoms with Crippen LogP contribution in [0.25, 0.3) is 20.2 Å². The molecule has 2 N–H and O–H groups in total. The Hall–Kier alpha value is -2.11. The van der Waals surface area contributed by atoms with E-state index in [1.54, 1.807) is 23.5 Å². The number of nitrogens with zero attached hydrogens (tertiary/aromatic N) is 1. The number of piperidine rings is 2. The van der Waals surface area contributed by atoms with E-state index in [-0.39, 0.29) is 11.2 Å². The molecule has 0 saturated carbocycles. The van der Waals surface area contributed by atoms with E-state index in [9.17, 15) is 9.90 Å². The molecule has 2 aromatic carbocycles. The van der Waals surface area contributed by atoms with Crippen LogP contribution in [0.4, 0.5) is 5.69 Å². The highest BCUT2D eigenvalue weighted by molar-refractivity contribution is 7.24. The summed E-state index contributed by atoms with van der Waals surface area (Å²) in [5.41, 5.74) is 2.06. The molecule has 0 unspecified atom stereocenters. The number of anilines is 1. The van der Waals surface area contributed by atoms with Crippen molar-refractivity contribution in [1.29, 1.82) is 0 Å². The molecule has 4 nitrogen and oxygen atoms in total. The van der Waals surface area contributed by atoms with Gasteiger partial charge in [0.1, 0.15) is 5.75 Å². The number of hydrogen-bond donors (Lipinski definition) is 2. The largest absolute Gasteiger partial charge is 0.508 e. The maximum atomic E-state index is 13.3. The van der Waals surface area contributed by atoms with E-state index in [2.05, 4.69) is 23.2 Å². The van der Waals surface area contributed by atoms with Gasteiger partial charge in [0.2, 0.25) is 0 Å². The summed E-state index contributed by atoms with van der Waals surface area (Å²) in [4.78, 5) is 16.0. The quantitative estimate of drug-likeness (QED) is 0.387. The van der Waals surface area contributed by atoms with Crippen molar-refractivity contribution in [3.63, 3.8) is 0 Å². The van der Waals surface area contributed by atoms with Crippen molar-refractivity contribution < 1.29 is 5.11 Å². The van der Waals surface area contributed by atoms with Crippen molar-refractivity contribution in [2.24, 2.45) is 5.92 Å². The summed E-state index contributed by atoms with van der Waals surface area (Å²) in [5, 5.41) is 14.8. The molecule has 5 heteroatoms. The first kappa shape index (κ1) is 20.8. The lowest BCUT2D eigenvalue weighted by Crippen LogP contribution is -2.47. The first-order chi connectivity index (χ1) is 15.1. The van der Waals surface area contributed by atoms with Gasteiger partial charge in [0.25, 0.3) is 0 Å². The van der Waals surface area contributed by atoms with Gasteiger partial charge in [-0.25, -0.2) is 0 Å². The Morgan fingerprint density at radius 1 is 1.13 bits per heavy atom. The topological polar surface area (TPSA) is 52.6 Å². The van der Waals surface area contributed by atoms with Crippen molar-refractivity contribution in [2.75, 3.05) is 25.0 Å². The lowest BCUT2D eigenvalue weighted by Gasteiger charge is -2.44. The third kappa shape index (κ3) is 4.06. The van der Waals surface area contributed by atoms with Gasteiger partial charge in [0.15, 0.2) is 5.43 Å². The van der Waals surface area contributed by atoms with Gasteiger partial charge in [-0.3, -0.25) is 4.79 Å². The fraction of sp³-hybridized carbons (Fsp3) is 0.500. The normalized spacial score (nSPS) is 22.0. The van der Waals surface area contributed by atoms with Crippen LogP contribution in [-0.2, 0) is 0 Å². The molecule has 2 atom stereocenters. The fourth-order valence-corrected chi connectivity index (χ4v) is 6.87. The van der Waals surface area contributed by atoms with Crippen LogP contribution in [0.15, 0.2) is 35.1 Å².